The van der Waals surface area contributed by atoms with Gasteiger partial charge in [0, 0.05) is 20.0 Å². The van der Waals surface area contributed by atoms with Crippen LogP contribution in [0.3, 0.4) is 0 Å². The molecule has 0 saturated heterocycles. The van der Waals surface area contributed by atoms with Gasteiger partial charge in [-0.3, -0.25) is 9.63 Å². The smallest absolute Gasteiger partial charge is 0.303 e. The minimum Gasteiger partial charge on any atom is -0.481 e. The largest absolute Gasteiger partial charge is 0.481 e. The number of hydrogen-bond donors (Lipinski definition) is 1. The van der Waals surface area contributed by atoms with E-state index in [-0.39, 0.29) is 6.42 Å². The van der Waals surface area contributed by atoms with Gasteiger partial charge in [0.05, 0.1) is 6.61 Å². The van der Waals surface area contributed by atoms with E-state index in [9.17, 15) is 4.79 Å². The van der Waals surface area contributed by atoms with Gasteiger partial charge in [-0.05, 0) is 12.0 Å². The fraction of sp³-hybridized carbons (Fsp3) is 0.417. The van der Waals surface area contributed by atoms with E-state index in [2.05, 4.69) is 0 Å². The lowest BCUT2D eigenvalue weighted by atomic mass is 10.2. The number of rotatable bonds is 7. The fourth-order valence-corrected chi connectivity index (χ4v) is 1.28. The molecule has 0 saturated carbocycles. The number of carboxylic acids is 1. The van der Waals surface area contributed by atoms with Crippen molar-refractivity contribution in [1.82, 2.24) is 5.06 Å². The molecule has 1 aromatic carbocycles. The van der Waals surface area contributed by atoms with Crippen molar-refractivity contribution in [3.8, 4) is 0 Å². The molecule has 16 heavy (non-hydrogen) atoms. The van der Waals surface area contributed by atoms with Gasteiger partial charge in [0.1, 0.15) is 0 Å². The van der Waals surface area contributed by atoms with Gasteiger partial charge in [0.2, 0.25) is 0 Å². The van der Waals surface area contributed by atoms with E-state index in [0.29, 0.717) is 19.6 Å². The number of hydrogen-bond acceptors (Lipinski definition) is 3. The maximum Gasteiger partial charge on any atom is 0.303 e. The molecule has 0 spiro atoms. The first-order valence-electron chi connectivity index (χ1n) is 5.28. The van der Waals surface area contributed by atoms with Gasteiger partial charge in [0.15, 0.2) is 0 Å². The van der Waals surface area contributed by atoms with Gasteiger partial charge in [-0.2, -0.15) is 5.06 Å². The second kappa shape index (κ2) is 6.98. The molecule has 0 fully saturated rings. The highest BCUT2D eigenvalue weighted by Crippen LogP contribution is 2.02. The Morgan fingerprint density at radius 3 is 2.69 bits per heavy atom. The van der Waals surface area contributed by atoms with Crippen LogP contribution in [0.2, 0.25) is 0 Å². The third-order valence-electron chi connectivity index (χ3n) is 2.16. The van der Waals surface area contributed by atoms with Crippen molar-refractivity contribution < 1.29 is 14.7 Å². The molecule has 0 aliphatic carbocycles. The molecule has 0 heterocycles. The Bertz CT molecular complexity index is 313. The topological polar surface area (TPSA) is 49.8 Å². The summed E-state index contributed by atoms with van der Waals surface area (Å²) < 4.78 is 0. The van der Waals surface area contributed by atoms with E-state index in [1.807, 2.05) is 37.4 Å². The average molecular weight is 223 g/mol. The van der Waals surface area contributed by atoms with E-state index in [1.165, 1.54) is 0 Å². The third kappa shape index (κ3) is 5.48. The molecule has 1 aromatic rings. The molecule has 0 aromatic heterocycles. The average Bonchev–Trinajstić information content (AvgIpc) is 2.27. The SMILES string of the molecule is CN(CCCC(=O)O)OCc1ccccc1. The summed E-state index contributed by atoms with van der Waals surface area (Å²) in [5, 5.41) is 10.2. The molecule has 4 heteroatoms. The minimum atomic E-state index is -0.767. The standard InChI is InChI=1S/C12H17NO3/c1-13(9-5-8-12(14)15)16-10-11-6-3-2-4-7-11/h2-4,6-7H,5,8-10H2,1H3,(H,14,15). The van der Waals surface area contributed by atoms with Crippen LogP contribution in [-0.2, 0) is 16.2 Å². The zero-order chi connectivity index (χ0) is 11.8. The Balaban J connectivity index is 2.15. The molecule has 0 aliphatic heterocycles. The Morgan fingerprint density at radius 1 is 1.38 bits per heavy atom. The first kappa shape index (κ1) is 12.7. The first-order valence-corrected chi connectivity index (χ1v) is 5.28. The van der Waals surface area contributed by atoms with Gasteiger partial charge >= 0.3 is 5.97 Å². The van der Waals surface area contributed by atoms with Gasteiger partial charge < -0.3 is 5.11 Å². The molecule has 4 nitrogen and oxygen atoms in total. The van der Waals surface area contributed by atoms with Crippen molar-refractivity contribution in [2.75, 3.05) is 13.6 Å². The van der Waals surface area contributed by atoms with Crippen molar-refractivity contribution in [2.45, 2.75) is 19.4 Å². The number of benzene rings is 1. The van der Waals surface area contributed by atoms with Crippen LogP contribution in [0.15, 0.2) is 30.3 Å². The highest BCUT2D eigenvalue weighted by atomic mass is 16.7. The molecule has 0 atom stereocenters. The van der Waals surface area contributed by atoms with Crippen LogP contribution >= 0.6 is 0 Å². The third-order valence-corrected chi connectivity index (χ3v) is 2.16. The first-order chi connectivity index (χ1) is 7.68. The van der Waals surface area contributed by atoms with Gasteiger partial charge in [-0.25, -0.2) is 0 Å². The van der Waals surface area contributed by atoms with E-state index in [4.69, 9.17) is 9.94 Å². The second-order valence-corrected chi connectivity index (χ2v) is 3.61. The summed E-state index contributed by atoms with van der Waals surface area (Å²) in [5.41, 5.74) is 1.10. The van der Waals surface area contributed by atoms with Crippen molar-refractivity contribution in [3.05, 3.63) is 35.9 Å². The molecule has 0 amide bonds. The lowest BCUT2D eigenvalue weighted by Crippen LogP contribution is -2.20. The van der Waals surface area contributed by atoms with Crippen molar-refractivity contribution in [3.63, 3.8) is 0 Å². The van der Waals surface area contributed by atoms with Gasteiger partial charge in [0.25, 0.3) is 0 Å². The van der Waals surface area contributed by atoms with Crippen LogP contribution < -0.4 is 0 Å². The van der Waals surface area contributed by atoms with Gasteiger partial charge in [-0.1, -0.05) is 30.3 Å². The van der Waals surface area contributed by atoms with Crippen LogP contribution in [0.1, 0.15) is 18.4 Å². The van der Waals surface area contributed by atoms with Crippen LogP contribution in [0, 0.1) is 0 Å². The van der Waals surface area contributed by atoms with Gasteiger partial charge in [-0.15, -0.1) is 0 Å². The zero-order valence-corrected chi connectivity index (χ0v) is 9.43. The molecule has 0 bridgehead atoms. The predicted molar refractivity (Wildman–Crippen MR) is 60.7 cm³/mol. The molecular formula is C12H17NO3. The highest BCUT2D eigenvalue weighted by molar-refractivity contribution is 5.66. The molecule has 0 unspecified atom stereocenters. The van der Waals surface area contributed by atoms with E-state index < -0.39 is 5.97 Å². The summed E-state index contributed by atoms with van der Waals surface area (Å²) in [5.74, 6) is -0.767. The monoisotopic (exact) mass is 223 g/mol. The van der Waals surface area contributed by atoms with E-state index >= 15 is 0 Å². The quantitative estimate of drug-likeness (QED) is 0.717. The van der Waals surface area contributed by atoms with E-state index in [0.717, 1.165) is 5.56 Å². The Hall–Kier alpha value is -1.39. The maximum atomic E-state index is 10.3. The van der Waals surface area contributed by atoms with E-state index in [1.54, 1.807) is 5.06 Å². The molecule has 1 N–H and O–H groups in total. The Labute approximate surface area is 95.4 Å². The summed E-state index contributed by atoms with van der Waals surface area (Å²) in [4.78, 5) is 15.8. The number of carboxylic acid groups (broad SMARTS) is 1. The summed E-state index contributed by atoms with van der Waals surface area (Å²) in [7, 11) is 1.81. The lowest BCUT2D eigenvalue weighted by molar-refractivity contribution is -0.153. The number of aliphatic carboxylic acids is 1. The molecule has 0 radical (unpaired) electrons. The van der Waals surface area contributed by atoms with Crippen LogP contribution in [0.25, 0.3) is 0 Å². The lowest BCUT2D eigenvalue weighted by Gasteiger charge is -2.15. The molecule has 0 aliphatic rings. The van der Waals surface area contributed by atoms with Crippen molar-refractivity contribution >= 4 is 5.97 Å². The summed E-state index contributed by atoms with van der Waals surface area (Å²) >= 11 is 0. The normalized spacial score (nSPS) is 10.6. The number of nitrogens with zero attached hydrogens (tertiary/aromatic N) is 1. The molecular weight excluding hydrogens is 206 g/mol. The van der Waals surface area contributed by atoms with Crippen molar-refractivity contribution in [2.24, 2.45) is 0 Å². The fourth-order valence-electron chi connectivity index (χ4n) is 1.28. The predicted octanol–water partition coefficient (Wildman–Crippen LogP) is 1.91. The zero-order valence-electron chi connectivity index (χ0n) is 9.43. The number of carbonyl (C=O) groups is 1. The summed E-state index contributed by atoms with van der Waals surface area (Å²) in [6.07, 6.45) is 0.777. The second-order valence-electron chi connectivity index (χ2n) is 3.61. The number of hydroxylamine groups is 2. The van der Waals surface area contributed by atoms with Crippen molar-refractivity contribution in [1.29, 1.82) is 0 Å². The Morgan fingerprint density at radius 2 is 2.06 bits per heavy atom. The summed E-state index contributed by atoms with van der Waals surface area (Å²) in [6.45, 7) is 1.14. The molecule has 88 valence electrons. The maximum absolute atomic E-state index is 10.3. The highest BCUT2D eigenvalue weighted by Gasteiger charge is 2.01. The molecule has 1 rings (SSSR count). The minimum absolute atomic E-state index is 0.180. The van der Waals surface area contributed by atoms with Crippen LogP contribution in [0.5, 0.6) is 0 Å². The van der Waals surface area contributed by atoms with Crippen LogP contribution in [-0.4, -0.2) is 29.7 Å². The van der Waals surface area contributed by atoms with Crippen LogP contribution in [0.4, 0.5) is 0 Å². The summed E-state index contributed by atoms with van der Waals surface area (Å²) in [6, 6.07) is 9.86. The Kier molecular flexibility index (Phi) is 5.53.